The molecule has 112 valence electrons. The lowest BCUT2D eigenvalue weighted by atomic mass is 10.0. The van der Waals surface area contributed by atoms with E-state index in [9.17, 15) is 0 Å². The highest BCUT2D eigenvalue weighted by Gasteiger charge is 2.10. The highest BCUT2D eigenvalue weighted by atomic mass is 16.5. The molecule has 2 aromatic rings. The Hall–Kier alpha value is -1.87. The molecular weight excluding hydrogens is 260 g/mol. The summed E-state index contributed by atoms with van der Waals surface area (Å²) in [5.41, 5.74) is 2.55. The molecule has 0 amide bonds. The molecular formula is C18H24N2O. The topological polar surface area (TPSA) is 34.2 Å². The molecule has 1 aromatic heterocycles. The van der Waals surface area contributed by atoms with E-state index in [1.165, 1.54) is 24.0 Å². The quantitative estimate of drug-likeness (QED) is 0.792. The molecule has 0 saturated carbocycles. The third-order valence-corrected chi connectivity index (χ3v) is 3.61. The van der Waals surface area contributed by atoms with Gasteiger partial charge in [0.15, 0.2) is 0 Å². The molecule has 1 N–H and O–H groups in total. The number of ether oxygens (including phenoxy) is 1. The van der Waals surface area contributed by atoms with Gasteiger partial charge in [-0.2, -0.15) is 0 Å². The molecule has 1 aromatic carbocycles. The van der Waals surface area contributed by atoms with Gasteiger partial charge in [0.05, 0.1) is 7.11 Å². The number of nitrogens with zero attached hydrogens (tertiary/aromatic N) is 1. The summed E-state index contributed by atoms with van der Waals surface area (Å²) in [6.45, 7) is 3.05. The van der Waals surface area contributed by atoms with E-state index in [0.29, 0.717) is 11.9 Å². The zero-order valence-corrected chi connectivity index (χ0v) is 12.9. The lowest BCUT2D eigenvalue weighted by Crippen LogP contribution is -2.21. The van der Waals surface area contributed by atoms with E-state index < -0.39 is 0 Å². The van der Waals surface area contributed by atoms with Gasteiger partial charge >= 0.3 is 0 Å². The SMILES string of the molecule is CCCCC(NCc1ccnc(OC)c1)c1ccccc1. The second kappa shape index (κ2) is 8.42. The van der Waals surface area contributed by atoms with Gasteiger partial charge in [-0.05, 0) is 23.6 Å². The van der Waals surface area contributed by atoms with Gasteiger partial charge in [0, 0.05) is 24.8 Å². The van der Waals surface area contributed by atoms with Crippen LogP contribution in [0.2, 0.25) is 0 Å². The highest BCUT2D eigenvalue weighted by molar-refractivity contribution is 5.22. The lowest BCUT2D eigenvalue weighted by Gasteiger charge is -2.19. The first-order valence-electron chi connectivity index (χ1n) is 7.60. The first kappa shape index (κ1) is 15.5. The average molecular weight is 284 g/mol. The smallest absolute Gasteiger partial charge is 0.213 e. The van der Waals surface area contributed by atoms with Crippen LogP contribution in [-0.2, 0) is 6.54 Å². The summed E-state index contributed by atoms with van der Waals surface area (Å²) in [5.74, 6) is 0.666. The van der Waals surface area contributed by atoms with E-state index in [0.717, 1.165) is 13.0 Å². The van der Waals surface area contributed by atoms with E-state index >= 15 is 0 Å². The fourth-order valence-electron chi connectivity index (χ4n) is 2.39. The Morgan fingerprint density at radius 1 is 1.19 bits per heavy atom. The second-order valence-electron chi connectivity index (χ2n) is 5.19. The van der Waals surface area contributed by atoms with Crippen molar-refractivity contribution < 1.29 is 4.74 Å². The van der Waals surface area contributed by atoms with Crippen molar-refractivity contribution in [2.75, 3.05) is 7.11 Å². The Kier molecular flexibility index (Phi) is 6.22. The fraction of sp³-hybridized carbons (Fsp3) is 0.389. The van der Waals surface area contributed by atoms with Crippen molar-refractivity contribution in [2.24, 2.45) is 0 Å². The normalized spacial score (nSPS) is 12.1. The molecule has 0 spiro atoms. The minimum absolute atomic E-state index is 0.394. The molecule has 0 radical (unpaired) electrons. The molecule has 0 bridgehead atoms. The van der Waals surface area contributed by atoms with Crippen LogP contribution in [0.5, 0.6) is 5.88 Å². The van der Waals surface area contributed by atoms with Crippen molar-refractivity contribution in [1.29, 1.82) is 0 Å². The monoisotopic (exact) mass is 284 g/mol. The minimum Gasteiger partial charge on any atom is -0.481 e. The predicted octanol–water partition coefficient (Wildman–Crippen LogP) is 4.11. The van der Waals surface area contributed by atoms with Crippen LogP contribution >= 0.6 is 0 Å². The third-order valence-electron chi connectivity index (χ3n) is 3.61. The molecule has 0 saturated heterocycles. The summed E-state index contributed by atoms with van der Waals surface area (Å²) in [5, 5.41) is 3.66. The Labute approximate surface area is 127 Å². The van der Waals surface area contributed by atoms with Crippen molar-refractivity contribution in [2.45, 2.75) is 38.8 Å². The molecule has 3 heteroatoms. The molecule has 3 nitrogen and oxygen atoms in total. The van der Waals surface area contributed by atoms with Gasteiger partial charge in [-0.15, -0.1) is 0 Å². The summed E-state index contributed by atoms with van der Waals surface area (Å²) in [4.78, 5) is 4.14. The third kappa shape index (κ3) is 4.87. The average Bonchev–Trinajstić information content (AvgIpc) is 2.56. The Bertz CT molecular complexity index is 528. The van der Waals surface area contributed by atoms with Crippen molar-refractivity contribution in [1.82, 2.24) is 10.3 Å². The molecule has 0 aliphatic rings. The molecule has 1 heterocycles. The largest absolute Gasteiger partial charge is 0.481 e. The van der Waals surface area contributed by atoms with Crippen molar-refractivity contribution in [3.05, 3.63) is 59.8 Å². The summed E-state index contributed by atoms with van der Waals surface area (Å²) < 4.78 is 5.17. The van der Waals surface area contributed by atoms with Gasteiger partial charge in [0.1, 0.15) is 0 Å². The Morgan fingerprint density at radius 2 is 2.00 bits per heavy atom. The van der Waals surface area contributed by atoms with E-state index in [1.54, 1.807) is 13.3 Å². The maximum atomic E-state index is 5.17. The Morgan fingerprint density at radius 3 is 2.71 bits per heavy atom. The molecule has 2 rings (SSSR count). The fourth-order valence-corrected chi connectivity index (χ4v) is 2.39. The number of hydrogen-bond donors (Lipinski definition) is 1. The number of benzene rings is 1. The van der Waals surface area contributed by atoms with Crippen LogP contribution in [0.4, 0.5) is 0 Å². The van der Waals surface area contributed by atoms with Crippen LogP contribution in [-0.4, -0.2) is 12.1 Å². The van der Waals surface area contributed by atoms with E-state index in [-0.39, 0.29) is 0 Å². The van der Waals surface area contributed by atoms with Gasteiger partial charge in [-0.3, -0.25) is 0 Å². The summed E-state index contributed by atoms with van der Waals surface area (Å²) in [6, 6.07) is 15.1. The molecule has 1 unspecified atom stereocenters. The second-order valence-corrected chi connectivity index (χ2v) is 5.19. The molecule has 0 aliphatic heterocycles. The van der Waals surface area contributed by atoms with E-state index in [2.05, 4.69) is 47.6 Å². The van der Waals surface area contributed by atoms with Crippen LogP contribution < -0.4 is 10.1 Å². The summed E-state index contributed by atoms with van der Waals surface area (Å²) >= 11 is 0. The first-order valence-corrected chi connectivity index (χ1v) is 7.60. The molecule has 0 aliphatic carbocycles. The van der Waals surface area contributed by atoms with Crippen LogP contribution in [0.3, 0.4) is 0 Å². The standard InChI is InChI=1S/C18H24N2O/c1-3-4-10-17(16-8-6-5-7-9-16)20-14-15-11-12-19-18(13-15)21-2/h5-9,11-13,17,20H,3-4,10,14H2,1-2H3. The number of rotatable bonds is 8. The minimum atomic E-state index is 0.394. The predicted molar refractivity (Wildman–Crippen MR) is 86.3 cm³/mol. The molecule has 1 atom stereocenters. The van der Waals surface area contributed by atoms with Crippen molar-refractivity contribution in [3.63, 3.8) is 0 Å². The maximum Gasteiger partial charge on any atom is 0.213 e. The number of methoxy groups -OCH3 is 1. The maximum absolute atomic E-state index is 5.17. The van der Waals surface area contributed by atoms with Gasteiger partial charge in [-0.1, -0.05) is 50.1 Å². The van der Waals surface area contributed by atoms with Gasteiger partial charge in [0.2, 0.25) is 5.88 Å². The van der Waals surface area contributed by atoms with Crippen LogP contribution in [0.25, 0.3) is 0 Å². The van der Waals surface area contributed by atoms with Crippen molar-refractivity contribution in [3.8, 4) is 5.88 Å². The number of hydrogen-bond acceptors (Lipinski definition) is 3. The zero-order valence-electron chi connectivity index (χ0n) is 12.9. The summed E-state index contributed by atoms with van der Waals surface area (Å²) in [7, 11) is 1.65. The highest BCUT2D eigenvalue weighted by Crippen LogP contribution is 2.20. The van der Waals surface area contributed by atoms with Crippen LogP contribution in [0.1, 0.15) is 43.4 Å². The molecule has 21 heavy (non-hydrogen) atoms. The lowest BCUT2D eigenvalue weighted by molar-refractivity contribution is 0.396. The number of aromatic nitrogens is 1. The first-order chi connectivity index (χ1) is 10.3. The zero-order chi connectivity index (χ0) is 14.9. The van der Waals surface area contributed by atoms with Crippen LogP contribution in [0.15, 0.2) is 48.7 Å². The Balaban J connectivity index is 2.01. The van der Waals surface area contributed by atoms with E-state index in [1.807, 2.05) is 12.1 Å². The molecule has 0 fully saturated rings. The van der Waals surface area contributed by atoms with Gasteiger partial charge in [0.25, 0.3) is 0 Å². The number of unbranched alkanes of at least 4 members (excludes halogenated alkanes) is 1. The van der Waals surface area contributed by atoms with Crippen LogP contribution in [0, 0.1) is 0 Å². The van der Waals surface area contributed by atoms with E-state index in [4.69, 9.17) is 4.74 Å². The number of nitrogens with one attached hydrogen (secondary N) is 1. The van der Waals surface area contributed by atoms with Gasteiger partial charge < -0.3 is 10.1 Å². The summed E-state index contributed by atoms with van der Waals surface area (Å²) in [6.07, 6.45) is 5.39. The van der Waals surface area contributed by atoms with Crippen molar-refractivity contribution >= 4 is 0 Å². The number of pyridine rings is 1. The van der Waals surface area contributed by atoms with Gasteiger partial charge in [-0.25, -0.2) is 4.98 Å².